The summed E-state index contributed by atoms with van der Waals surface area (Å²) in [7, 11) is 0. The molecule has 0 aromatic carbocycles. The molecule has 1 atom stereocenters. The van der Waals surface area contributed by atoms with E-state index in [4.69, 9.17) is 14.9 Å². The molecule has 2 amide bonds. The predicted octanol–water partition coefficient (Wildman–Crippen LogP) is -0.0177. The van der Waals surface area contributed by atoms with E-state index in [0.717, 1.165) is 0 Å². The lowest BCUT2D eigenvalue weighted by molar-refractivity contribution is -0.145. The van der Waals surface area contributed by atoms with Crippen LogP contribution in [-0.2, 0) is 14.3 Å². The summed E-state index contributed by atoms with van der Waals surface area (Å²) in [5, 5.41) is 19.6. The molecule has 0 rings (SSSR count). The summed E-state index contributed by atoms with van der Waals surface area (Å²) in [6, 6.07) is -2.05. The van der Waals surface area contributed by atoms with Gasteiger partial charge in [0, 0.05) is 19.7 Å². The van der Waals surface area contributed by atoms with E-state index in [1.54, 1.807) is 6.92 Å². The molecule has 8 nitrogen and oxygen atoms in total. The fraction of sp³-hybridized carbons (Fsp3) is 0.727. The van der Waals surface area contributed by atoms with Crippen molar-refractivity contribution >= 4 is 18.0 Å². The van der Waals surface area contributed by atoms with Crippen LogP contribution in [-0.4, -0.2) is 65.4 Å². The number of amides is 2. The molecule has 110 valence electrons. The van der Waals surface area contributed by atoms with Crippen LogP contribution in [0.2, 0.25) is 0 Å². The van der Waals surface area contributed by atoms with Crippen LogP contribution in [0.1, 0.15) is 20.3 Å². The van der Waals surface area contributed by atoms with Crippen molar-refractivity contribution in [3.8, 4) is 0 Å². The molecule has 0 unspecified atom stereocenters. The van der Waals surface area contributed by atoms with Crippen LogP contribution in [0.4, 0.5) is 4.79 Å². The van der Waals surface area contributed by atoms with Gasteiger partial charge in [0.1, 0.15) is 6.04 Å². The van der Waals surface area contributed by atoms with Gasteiger partial charge in [0.25, 0.3) is 0 Å². The van der Waals surface area contributed by atoms with E-state index in [1.165, 1.54) is 4.90 Å². The number of carboxylic acid groups (broad SMARTS) is 2. The smallest absolute Gasteiger partial charge is 0.326 e. The first kappa shape index (κ1) is 17.2. The molecule has 0 aliphatic carbocycles. The van der Waals surface area contributed by atoms with Crippen LogP contribution in [0.15, 0.2) is 0 Å². The second-order valence-electron chi connectivity index (χ2n) is 3.71. The van der Waals surface area contributed by atoms with Gasteiger partial charge in [0.2, 0.25) is 0 Å². The molecule has 0 spiro atoms. The summed E-state index contributed by atoms with van der Waals surface area (Å²) in [5.74, 6) is -2.67. The maximum atomic E-state index is 11.8. The zero-order chi connectivity index (χ0) is 14.8. The van der Waals surface area contributed by atoms with Crippen molar-refractivity contribution in [2.75, 3.05) is 26.3 Å². The number of urea groups is 1. The number of likely N-dealkylation sites (N-methyl/N-ethyl adjacent to an activating group) is 1. The Bertz CT molecular complexity index is 320. The van der Waals surface area contributed by atoms with Crippen molar-refractivity contribution in [3.05, 3.63) is 0 Å². The first-order valence-corrected chi connectivity index (χ1v) is 6.00. The minimum absolute atomic E-state index is 0.315. The molecule has 0 bridgehead atoms. The van der Waals surface area contributed by atoms with Gasteiger partial charge in [0.15, 0.2) is 0 Å². The Morgan fingerprint density at radius 3 is 2.32 bits per heavy atom. The molecular formula is C11H20N2O6. The van der Waals surface area contributed by atoms with E-state index in [0.29, 0.717) is 26.3 Å². The average Bonchev–Trinajstić information content (AvgIpc) is 2.33. The fourth-order valence-electron chi connectivity index (χ4n) is 1.34. The number of rotatable bonds is 9. The number of nitrogens with zero attached hydrogens (tertiary/aromatic N) is 1. The van der Waals surface area contributed by atoms with Crippen molar-refractivity contribution in [2.45, 2.75) is 26.3 Å². The highest BCUT2D eigenvalue weighted by Gasteiger charge is 2.24. The first-order valence-electron chi connectivity index (χ1n) is 6.00. The zero-order valence-corrected chi connectivity index (χ0v) is 11.1. The third-order valence-corrected chi connectivity index (χ3v) is 2.35. The third kappa shape index (κ3) is 7.24. The number of carbonyl (C=O) groups is 3. The molecule has 19 heavy (non-hydrogen) atoms. The Labute approximate surface area is 111 Å². The number of aliphatic carboxylic acids is 2. The minimum Gasteiger partial charge on any atom is -0.481 e. The van der Waals surface area contributed by atoms with Crippen LogP contribution in [0.25, 0.3) is 0 Å². The van der Waals surface area contributed by atoms with Gasteiger partial charge in [-0.2, -0.15) is 0 Å². The highest BCUT2D eigenvalue weighted by molar-refractivity contribution is 5.86. The van der Waals surface area contributed by atoms with Crippen LogP contribution in [0, 0.1) is 0 Å². The van der Waals surface area contributed by atoms with E-state index in [2.05, 4.69) is 5.32 Å². The van der Waals surface area contributed by atoms with Gasteiger partial charge in [-0.25, -0.2) is 9.59 Å². The number of hydrogen-bond donors (Lipinski definition) is 3. The number of ether oxygens (including phenoxy) is 1. The second-order valence-corrected chi connectivity index (χ2v) is 3.71. The van der Waals surface area contributed by atoms with Gasteiger partial charge in [-0.15, -0.1) is 0 Å². The maximum absolute atomic E-state index is 11.8. The van der Waals surface area contributed by atoms with E-state index < -0.39 is 30.4 Å². The lowest BCUT2D eigenvalue weighted by Crippen LogP contribution is -2.49. The fourth-order valence-corrected chi connectivity index (χ4v) is 1.34. The number of carboxylic acids is 2. The van der Waals surface area contributed by atoms with Crippen LogP contribution in [0.3, 0.4) is 0 Å². The zero-order valence-electron chi connectivity index (χ0n) is 11.1. The van der Waals surface area contributed by atoms with Gasteiger partial charge in [0.05, 0.1) is 13.0 Å². The molecular weight excluding hydrogens is 256 g/mol. The summed E-state index contributed by atoms with van der Waals surface area (Å²) in [6.07, 6.45) is -0.663. The normalized spacial score (nSPS) is 11.7. The van der Waals surface area contributed by atoms with Crippen molar-refractivity contribution in [3.63, 3.8) is 0 Å². The summed E-state index contributed by atoms with van der Waals surface area (Å²) in [4.78, 5) is 34.4. The lowest BCUT2D eigenvalue weighted by Gasteiger charge is -2.23. The van der Waals surface area contributed by atoms with Crippen molar-refractivity contribution in [1.82, 2.24) is 10.2 Å². The third-order valence-electron chi connectivity index (χ3n) is 2.35. The molecule has 0 aliphatic rings. The van der Waals surface area contributed by atoms with Gasteiger partial charge in [-0.05, 0) is 13.8 Å². The van der Waals surface area contributed by atoms with Crippen molar-refractivity contribution in [2.24, 2.45) is 0 Å². The molecule has 0 heterocycles. The summed E-state index contributed by atoms with van der Waals surface area (Å²) >= 11 is 0. The average molecular weight is 276 g/mol. The van der Waals surface area contributed by atoms with E-state index in [1.807, 2.05) is 6.92 Å². The van der Waals surface area contributed by atoms with Crippen LogP contribution in [0.5, 0.6) is 0 Å². The standard InChI is InChI=1S/C11H20N2O6/c1-3-13(5-6-19-4-2)11(18)12-8(10(16)17)7-9(14)15/h8H,3-7H2,1-2H3,(H,12,18)(H,14,15)(H,16,17)/t8-/m1/s1. The summed E-state index contributed by atoms with van der Waals surface area (Å²) < 4.78 is 5.10. The monoisotopic (exact) mass is 276 g/mol. The highest BCUT2D eigenvalue weighted by Crippen LogP contribution is 1.97. The van der Waals surface area contributed by atoms with E-state index in [-0.39, 0.29) is 0 Å². The van der Waals surface area contributed by atoms with Crippen LogP contribution >= 0.6 is 0 Å². The summed E-state index contributed by atoms with van der Waals surface area (Å²) in [5.41, 5.74) is 0. The quantitative estimate of drug-likeness (QED) is 0.510. The molecule has 8 heteroatoms. The van der Waals surface area contributed by atoms with Gasteiger partial charge >= 0.3 is 18.0 Å². The van der Waals surface area contributed by atoms with Crippen LogP contribution < -0.4 is 5.32 Å². The van der Waals surface area contributed by atoms with Crippen molar-refractivity contribution in [1.29, 1.82) is 0 Å². The minimum atomic E-state index is -1.44. The highest BCUT2D eigenvalue weighted by atomic mass is 16.5. The largest absolute Gasteiger partial charge is 0.481 e. The molecule has 0 aromatic heterocycles. The molecule has 0 aromatic rings. The Morgan fingerprint density at radius 1 is 1.26 bits per heavy atom. The molecule has 0 aliphatic heterocycles. The SMILES string of the molecule is CCOCCN(CC)C(=O)N[C@H](CC(=O)O)C(=O)O. The Balaban J connectivity index is 4.41. The Morgan fingerprint density at radius 2 is 1.89 bits per heavy atom. The van der Waals surface area contributed by atoms with Gasteiger partial charge < -0.3 is 25.2 Å². The number of carbonyl (C=O) groups excluding carboxylic acids is 1. The van der Waals surface area contributed by atoms with Crippen molar-refractivity contribution < 1.29 is 29.3 Å². The molecule has 0 saturated heterocycles. The van der Waals surface area contributed by atoms with Gasteiger partial charge in [-0.1, -0.05) is 0 Å². The molecule has 3 N–H and O–H groups in total. The molecule has 0 radical (unpaired) electrons. The van der Waals surface area contributed by atoms with E-state index in [9.17, 15) is 14.4 Å². The summed E-state index contributed by atoms with van der Waals surface area (Å²) in [6.45, 7) is 5.11. The first-order chi connectivity index (χ1) is 8.92. The predicted molar refractivity (Wildman–Crippen MR) is 65.9 cm³/mol. The maximum Gasteiger partial charge on any atom is 0.326 e. The van der Waals surface area contributed by atoms with E-state index >= 15 is 0 Å². The number of nitrogens with one attached hydrogen (secondary N) is 1. The van der Waals surface area contributed by atoms with Gasteiger partial charge in [-0.3, -0.25) is 4.79 Å². The Hall–Kier alpha value is -1.83. The topological polar surface area (TPSA) is 116 Å². The lowest BCUT2D eigenvalue weighted by atomic mass is 10.2. The molecule has 0 fully saturated rings. The number of hydrogen-bond acceptors (Lipinski definition) is 4. The molecule has 0 saturated carbocycles. The Kier molecular flexibility index (Phi) is 8.27. The second kappa shape index (κ2) is 9.15.